The van der Waals surface area contributed by atoms with E-state index >= 15 is 0 Å². The molecule has 1 aliphatic rings. The van der Waals surface area contributed by atoms with Crippen LogP contribution in [-0.2, 0) is 35.3 Å². The molecule has 0 spiro atoms. The number of anilines is 1. The Bertz CT molecular complexity index is 1160. The Kier molecular flexibility index (Phi) is 14.6. The number of benzene rings is 1. The Labute approximate surface area is 251 Å². The minimum Gasteiger partial charge on any atom is -0.445 e. The predicted octanol–water partition coefficient (Wildman–Crippen LogP) is 2.37. The molecule has 0 saturated heterocycles. The highest BCUT2D eigenvalue weighted by molar-refractivity contribution is 6.12. The van der Waals surface area contributed by atoms with Gasteiger partial charge in [0.25, 0.3) is 11.8 Å². The molecule has 43 heavy (non-hydrogen) atoms. The van der Waals surface area contributed by atoms with Crippen molar-refractivity contribution < 1.29 is 33.5 Å². The van der Waals surface area contributed by atoms with Gasteiger partial charge in [-0.15, -0.1) is 0 Å². The van der Waals surface area contributed by atoms with Gasteiger partial charge in [-0.3, -0.25) is 28.9 Å². The molecule has 1 atom stereocenters. The number of carbonyl (C=O) groups excluding carboxylic acids is 6. The van der Waals surface area contributed by atoms with E-state index in [1.807, 2.05) is 0 Å². The smallest absolute Gasteiger partial charge is 0.409 e. The van der Waals surface area contributed by atoms with Gasteiger partial charge < -0.3 is 31.0 Å². The molecule has 234 valence electrons. The summed E-state index contributed by atoms with van der Waals surface area (Å²) < 4.78 is 5.27. The standard InChI is InChI=1S/C30H42N6O7/c1-21(2)28(34-24(37)9-5-4-7-18-36-26(39)14-15-27(36)40)29(41)32-19-25(38)33-23-12-10-22(11-13-23)20-43-30(42)35(3)17-8-6-16-31/h10-16,21,28,31H,4-9,17-20H2,1-3H3,(H,32,41)(H,33,38)(H,34,37). The number of unbranched alkanes of at least 4 members (excludes halogenated alkanes) is 3. The van der Waals surface area contributed by atoms with Crippen LogP contribution in [0.1, 0.15) is 57.9 Å². The first-order chi connectivity index (χ1) is 20.5. The molecule has 0 aliphatic carbocycles. The molecule has 6 amide bonds. The van der Waals surface area contributed by atoms with Crippen LogP contribution in [0, 0.1) is 11.3 Å². The summed E-state index contributed by atoms with van der Waals surface area (Å²) in [5.74, 6) is -2.09. The summed E-state index contributed by atoms with van der Waals surface area (Å²) in [7, 11) is 1.63. The lowest BCUT2D eigenvalue weighted by molar-refractivity contribution is -0.137. The number of hydrogen-bond acceptors (Lipinski definition) is 8. The van der Waals surface area contributed by atoms with Gasteiger partial charge in [-0.25, -0.2) is 4.79 Å². The zero-order valence-electron chi connectivity index (χ0n) is 25.0. The van der Waals surface area contributed by atoms with E-state index in [2.05, 4.69) is 16.0 Å². The van der Waals surface area contributed by atoms with E-state index in [-0.39, 0.29) is 43.2 Å². The Morgan fingerprint density at radius 2 is 1.65 bits per heavy atom. The Hall–Kier alpha value is -4.55. The first-order valence-electron chi connectivity index (χ1n) is 14.4. The fourth-order valence-electron chi connectivity index (χ4n) is 4.11. The summed E-state index contributed by atoms with van der Waals surface area (Å²) in [5.41, 5.74) is 1.23. The number of nitrogens with one attached hydrogen (secondary N) is 4. The number of ether oxygens (including phenoxy) is 1. The molecule has 1 aromatic carbocycles. The molecule has 1 aliphatic heterocycles. The predicted molar refractivity (Wildman–Crippen MR) is 160 cm³/mol. The van der Waals surface area contributed by atoms with Crippen molar-refractivity contribution >= 4 is 47.5 Å². The number of imide groups is 1. The Balaban J connectivity index is 1.69. The molecule has 13 heteroatoms. The van der Waals surface area contributed by atoms with Crippen molar-refractivity contribution in [1.29, 1.82) is 5.41 Å². The van der Waals surface area contributed by atoms with Crippen molar-refractivity contribution in [2.45, 2.75) is 65.0 Å². The molecular formula is C30H42N6O7. The average Bonchev–Trinajstić information content (AvgIpc) is 3.30. The minimum atomic E-state index is -0.816. The first kappa shape index (κ1) is 34.7. The highest BCUT2D eigenvalue weighted by atomic mass is 16.6. The maximum atomic E-state index is 12.7. The normalized spacial score (nSPS) is 13.1. The number of rotatable bonds is 18. The summed E-state index contributed by atoms with van der Waals surface area (Å²) in [6.07, 6.45) is 6.54. The van der Waals surface area contributed by atoms with Gasteiger partial charge in [-0.1, -0.05) is 32.4 Å². The monoisotopic (exact) mass is 598 g/mol. The van der Waals surface area contributed by atoms with Crippen LogP contribution < -0.4 is 16.0 Å². The van der Waals surface area contributed by atoms with E-state index < -0.39 is 23.9 Å². The molecule has 0 saturated carbocycles. The maximum Gasteiger partial charge on any atom is 0.409 e. The Morgan fingerprint density at radius 1 is 0.977 bits per heavy atom. The summed E-state index contributed by atoms with van der Waals surface area (Å²) in [6, 6.07) is 5.92. The third-order valence-corrected chi connectivity index (χ3v) is 6.63. The van der Waals surface area contributed by atoms with E-state index in [4.69, 9.17) is 10.1 Å². The summed E-state index contributed by atoms with van der Waals surface area (Å²) in [6.45, 7) is 4.16. The molecule has 1 heterocycles. The van der Waals surface area contributed by atoms with E-state index in [0.29, 0.717) is 50.9 Å². The number of hydrogen-bond donors (Lipinski definition) is 4. The summed E-state index contributed by atoms with van der Waals surface area (Å²) in [4.78, 5) is 75.3. The molecule has 2 rings (SSSR count). The molecule has 0 fully saturated rings. The molecule has 1 aromatic rings. The van der Waals surface area contributed by atoms with Gasteiger partial charge in [-0.05, 0) is 55.5 Å². The topological polar surface area (TPSA) is 178 Å². The molecule has 0 radical (unpaired) electrons. The lowest BCUT2D eigenvalue weighted by atomic mass is 10.0. The van der Waals surface area contributed by atoms with Crippen LogP contribution in [0.25, 0.3) is 0 Å². The fourth-order valence-corrected chi connectivity index (χ4v) is 4.11. The van der Waals surface area contributed by atoms with Gasteiger partial charge in [0.1, 0.15) is 12.6 Å². The van der Waals surface area contributed by atoms with E-state index in [0.717, 1.165) is 10.5 Å². The second kappa shape index (κ2) is 18.1. The average molecular weight is 599 g/mol. The lowest BCUT2D eigenvalue weighted by Gasteiger charge is -2.21. The zero-order valence-corrected chi connectivity index (χ0v) is 25.0. The van der Waals surface area contributed by atoms with Crippen molar-refractivity contribution in [1.82, 2.24) is 20.4 Å². The first-order valence-corrected chi connectivity index (χ1v) is 14.4. The summed E-state index contributed by atoms with van der Waals surface area (Å²) >= 11 is 0. The van der Waals surface area contributed by atoms with Crippen LogP contribution in [-0.4, -0.2) is 84.4 Å². The lowest BCUT2D eigenvalue weighted by Crippen LogP contribution is -2.51. The van der Waals surface area contributed by atoms with Crippen molar-refractivity contribution in [2.75, 3.05) is 32.0 Å². The highest BCUT2D eigenvalue weighted by Gasteiger charge is 2.25. The van der Waals surface area contributed by atoms with Crippen molar-refractivity contribution in [3.8, 4) is 0 Å². The number of carbonyl (C=O) groups is 6. The van der Waals surface area contributed by atoms with Crippen LogP contribution in [0.3, 0.4) is 0 Å². The minimum absolute atomic E-state index is 0.0681. The highest BCUT2D eigenvalue weighted by Crippen LogP contribution is 2.12. The van der Waals surface area contributed by atoms with Crippen LogP contribution in [0.5, 0.6) is 0 Å². The van der Waals surface area contributed by atoms with Gasteiger partial charge >= 0.3 is 6.09 Å². The quantitative estimate of drug-likeness (QED) is 0.114. The van der Waals surface area contributed by atoms with Gasteiger partial charge in [0.05, 0.1) is 6.54 Å². The molecule has 0 aromatic heterocycles. The largest absolute Gasteiger partial charge is 0.445 e. The van der Waals surface area contributed by atoms with Crippen LogP contribution in [0.15, 0.2) is 36.4 Å². The molecule has 4 N–H and O–H groups in total. The zero-order chi connectivity index (χ0) is 31.8. The Morgan fingerprint density at radius 3 is 2.28 bits per heavy atom. The molecular weight excluding hydrogens is 556 g/mol. The third kappa shape index (κ3) is 12.5. The number of amides is 6. The van der Waals surface area contributed by atoms with E-state index in [9.17, 15) is 28.8 Å². The third-order valence-electron chi connectivity index (χ3n) is 6.63. The van der Waals surface area contributed by atoms with Crippen LogP contribution in [0.4, 0.5) is 10.5 Å². The van der Waals surface area contributed by atoms with Crippen LogP contribution >= 0.6 is 0 Å². The van der Waals surface area contributed by atoms with Crippen molar-refractivity contribution in [3.05, 3.63) is 42.0 Å². The van der Waals surface area contributed by atoms with Crippen molar-refractivity contribution in [3.63, 3.8) is 0 Å². The van der Waals surface area contributed by atoms with Gasteiger partial charge in [-0.2, -0.15) is 0 Å². The van der Waals surface area contributed by atoms with E-state index in [1.165, 1.54) is 23.3 Å². The van der Waals surface area contributed by atoms with Gasteiger partial charge in [0, 0.05) is 44.4 Å². The van der Waals surface area contributed by atoms with Gasteiger partial charge in [0.15, 0.2) is 0 Å². The number of nitrogens with zero attached hydrogens (tertiary/aromatic N) is 2. The second-order valence-electron chi connectivity index (χ2n) is 10.5. The van der Waals surface area contributed by atoms with Gasteiger partial charge in [0.2, 0.25) is 17.7 Å². The van der Waals surface area contributed by atoms with E-state index in [1.54, 1.807) is 45.2 Å². The fraction of sp³-hybridized carbons (Fsp3) is 0.500. The second-order valence-corrected chi connectivity index (χ2v) is 10.5. The summed E-state index contributed by atoms with van der Waals surface area (Å²) in [5, 5.41) is 15.0. The molecule has 1 unspecified atom stereocenters. The van der Waals surface area contributed by atoms with Crippen molar-refractivity contribution in [2.24, 2.45) is 5.92 Å². The molecule has 13 nitrogen and oxygen atoms in total. The molecule has 0 bridgehead atoms. The maximum absolute atomic E-state index is 12.7. The SMILES string of the molecule is CC(C)C(NC(=O)CCCCCN1C(=O)C=CC1=O)C(=O)NCC(=O)Nc1ccc(COC(=O)N(C)CCCC=N)cc1. The van der Waals surface area contributed by atoms with Crippen LogP contribution in [0.2, 0.25) is 0 Å².